The summed E-state index contributed by atoms with van der Waals surface area (Å²) in [6.07, 6.45) is 2.65. The topological polar surface area (TPSA) is 60.9 Å². The van der Waals surface area contributed by atoms with Gasteiger partial charge >= 0.3 is 0 Å². The van der Waals surface area contributed by atoms with E-state index in [4.69, 9.17) is 0 Å². The molecule has 31 heavy (non-hydrogen) atoms. The van der Waals surface area contributed by atoms with Crippen LogP contribution in [0.3, 0.4) is 0 Å². The van der Waals surface area contributed by atoms with E-state index in [-0.39, 0.29) is 17.9 Å². The van der Waals surface area contributed by atoms with Gasteiger partial charge in [0.15, 0.2) is 0 Å². The minimum absolute atomic E-state index is 0.0857. The van der Waals surface area contributed by atoms with E-state index in [0.717, 1.165) is 43.7 Å². The Morgan fingerprint density at radius 3 is 2.39 bits per heavy atom. The van der Waals surface area contributed by atoms with Crippen LogP contribution in [0.4, 0.5) is 5.69 Å². The second-order valence-electron chi connectivity index (χ2n) is 8.99. The van der Waals surface area contributed by atoms with Crippen molar-refractivity contribution >= 4 is 21.6 Å². The van der Waals surface area contributed by atoms with Crippen LogP contribution in [0, 0.1) is 5.92 Å². The lowest BCUT2D eigenvalue weighted by atomic mass is 10.1. The lowest BCUT2D eigenvalue weighted by molar-refractivity contribution is -0.120. The van der Waals surface area contributed by atoms with Crippen LogP contribution in [0.15, 0.2) is 53.4 Å². The highest BCUT2D eigenvalue weighted by Gasteiger charge is 2.40. The van der Waals surface area contributed by atoms with Gasteiger partial charge in [-0.1, -0.05) is 30.3 Å². The molecule has 1 saturated heterocycles. The van der Waals surface area contributed by atoms with E-state index in [1.807, 2.05) is 36.1 Å². The molecule has 2 aliphatic heterocycles. The van der Waals surface area contributed by atoms with Crippen LogP contribution in [0.25, 0.3) is 0 Å². The molecular formula is C24H29N3O3S. The van der Waals surface area contributed by atoms with Crippen molar-refractivity contribution < 1.29 is 13.2 Å². The van der Waals surface area contributed by atoms with E-state index in [9.17, 15) is 13.2 Å². The van der Waals surface area contributed by atoms with Crippen LogP contribution in [0.1, 0.15) is 30.9 Å². The van der Waals surface area contributed by atoms with Crippen molar-refractivity contribution in [3.05, 3.63) is 59.7 Å². The second kappa shape index (κ2) is 8.04. The van der Waals surface area contributed by atoms with Crippen molar-refractivity contribution in [1.29, 1.82) is 0 Å². The summed E-state index contributed by atoms with van der Waals surface area (Å²) in [4.78, 5) is 17.2. The molecule has 1 atom stereocenters. The van der Waals surface area contributed by atoms with Gasteiger partial charge in [0.05, 0.1) is 4.90 Å². The van der Waals surface area contributed by atoms with Gasteiger partial charge in [-0.05, 0) is 55.5 Å². The fourth-order valence-electron chi connectivity index (χ4n) is 4.75. The zero-order chi connectivity index (χ0) is 21.6. The first-order chi connectivity index (χ1) is 14.9. The molecule has 5 rings (SSSR count). The van der Waals surface area contributed by atoms with Gasteiger partial charge in [-0.25, -0.2) is 8.42 Å². The maximum absolute atomic E-state index is 13.3. The molecule has 1 saturated carbocycles. The third kappa shape index (κ3) is 4.02. The normalized spacial score (nSPS) is 22.5. The Hall–Kier alpha value is -2.22. The number of fused-ring (bicyclic) bond motifs is 1. The maximum atomic E-state index is 13.3. The molecule has 0 bridgehead atoms. The van der Waals surface area contributed by atoms with E-state index < -0.39 is 10.0 Å². The highest BCUT2D eigenvalue weighted by molar-refractivity contribution is 7.89. The number of amides is 1. The predicted molar refractivity (Wildman–Crippen MR) is 120 cm³/mol. The zero-order valence-corrected chi connectivity index (χ0v) is 18.7. The summed E-state index contributed by atoms with van der Waals surface area (Å²) in [6, 6.07) is 15.7. The summed E-state index contributed by atoms with van der Waals surface area (Å²) >= 11 is 0. The quantitative estimate of drug-likeness (QED) is 0.719. The first kappa shape index (κ1) is 20.7. The molecule has 0 aromatic heterocycles. The molecule has 1 amide bonds. The Balaban J connectivity index is 1.28. The highest BCUT2D eigenvalue weighted by atomic mass is 32.2. The molecule has 6 nitrogen and oxygen atoms in total. The SMILES string of the molecule is C[C@@H]1Cc2cc(S(=O)(=O)N3CCN(Cc4ccccc4)CC3)ccc2N1C(=O)C1CC1. The molecule has 1 aliphatic carbocycles. The molecule has 2 aromatic rings. The smallest absolute Gasteiger partial charge is 0.243 e. The summed E-state index contributed by atoms with van der Waals surface area (Å²) in [5, 5.41) is 0. The number of piperazine rings is 1. The van der Waals surface area contributed by atoms with Gasteiger partial charge in [0.2, 0.25) is 15.9 Å². The Morgan fingerprint density at radius 1 is 1.00 bits per heavy atom. The molecule has 0 unspecified atom stereocenters. The van der Waals surface area contributed by atoms with Gasteiger partial charge in [-0.3, -0.25) is 9.69 Å². The largest absolute Gasteiger partial charge is 0.309 e. The molecule has 0 spiro atoms. The number of nitrogens with zero attached hydrogens (tertiary/aromatic N) is 3. The van der Waals surface area contributed by atoms with E-state index in [1.54, 1.807) is 16.4 Å². The third-order valence-corrected chi connectivity index (χ3v) is 8.54. The molecule has 2 heterocycles. The first-order valence-corrected chi connectivity index (χ1v) is 12.6. The summed E-state index contributed by atoms with van der Waals surface area (Å²) in [6.45, 7) is 5.32. The average Bonchev–Trinajstić information content (AvgIpc) is 3.56. The van der Waals surface area contributed by atoms with E-state index in [1.165, 1.54) is 5.56 Å². The first-order valence-electron chi connectivity index (χ1n) is 11.2. The van der Waals surface area contributed by atoms with Crippen molar-refractivity contribution in [1.82, 2.24) is 9.21 Å². The van der Waals surface area contributed by atoms with Crippen molar-refractivity contribution in [3.63, 3.8) is 0 Å². The predicted octanol–water partition coefficient (Wildman–Crippen LogP) is 2.88. The number of carbonyl (C=O) groups excluding carboxylic acids is 1. The van der Waals surface area contributed by atoms with Crippen molar-refractivity contribution in [2.24, 2.45) is 5.92 Å². The molecule has 0 N–H and O–H groups in total. The summed E-state index contributed by atoms with van der Waals surface area (Å²) < 4.78 is 28.2. The van der Waals surface area contributed by atoms with Gasteiger partial charge in [0, 0.05) is 50.4 Å². The lowest BCUT2D eigenvalue weighted by Crippen LogP contribution is -2.48. The van der Waals surface area contributed by atoms with E-state index in [2.05, 4.69) is 17.0 Å². The van der Waals surface area contributed by atoms with Crippen molar-refractivity contribution in [2.45, 2.75) is 43.7 Å². The van der Waals surface area contributed by atoms with Crippen LogP contribution in [-0.4, -0.2) is 55.8 Å². The van der Waals surface area contributed by atoms with Crippen molar-refractivity contribution in [3.8, 4) is 0 Å². The number of rotatable bonds is 5. The Labute approximate surface area is 184 Å². The number of hydrogen-bond acceptors (Lipinski definition) is 4. The van der Waals surface area contributed by atoms with Gasteiger partial charge in [-0.2, -0.15) is 4.31 Å². The van der Waals surface area contributed by atoms with Gasteiger partial charge in [0.1, 0.15) is 0 Å². The molecule has 3 aliphatic rings. The molecule has 2 aromatic carbocycles. The molecule has 0 radical (unpaired) electrons. The minimum atomic E-state index is -3.54. The van der Waals surface area contributed by atoms with Gasteiger partial charge < -0.3 is 4.90 Å². The molecule has 2 fully saturated rings. The van der Waals surface area contributed by atoms with Gasteiger partial charge in [-0.15, -0.1) is 0 Å². The number of carbonyl (C=O) groups is 1. The van der Waals surface area contributed by atoms with Gasteiger partial charge in [0.25, 0.3) is 0 Å². The van der Waals surface area contributed by atoms with Crippen molar-refractivity contribution in [2.75, 3.05) is 31.1 Å². The monoisotopic (exact) mass is 439 g/mol. The Morgan fingerprint density at radius 2 is 1.71 bits per heavy atom. The average molecular weight is 440 g/mol. The van der Waals surface area contributed by atoms with Crippen LogP contribution < -0.4 is 4.90 Å². The van der Waals surface area contributed by atoms with E-state index in [0.29, 0.717) is 24.4 Å². The number of sulfonamides is 1. The number of anilines is 1. The maximum Gasteiger partial charge on any atom is 0.243 e. The minimum Gasteiger partial charge on any atom is -0.309 e. The number of hydrogen-bond donors (Lipinski definition) is 0. The van der Waals surface area contributed by atoms with Crippen LogP contribution in [-0.2, 0) is 27.8 Å². The Kier molecular flexibility index (Phi) is 5.36. The fraction of sp³-hybridized carbons (Fsp3) is 0.458. The summed E-state index contributed by atoms with van der Waals surface area (Å²) in [5.74, 6) is 0.348. The lowest BCUT2D eigenvalue weighted by Gasteiger charge is -2.34. The summed E-state index contributed by atoms with van der Waals surface area (Å²) in [5.41, 5.74) is 3.10. The fourth-order valence-corrected chi connectivity index (χ4v) is 6.22. The Bertz CT molecular complexity index is 1070. The standard InChI is InChI=1S/C24H29N3O3S/c1-18-15-21-16-22(9-10-23(21)27(18)24(28)20-7-8-20)31(29,30)26-13-11-25(12-14-26)17-19-5-3-2-4-6-19/h2-6,9-10,16,18,20H,7-8,11-15,17H2,1H3/t18-/m1/s1. The highest BCUT2D eigenvalue weighted by Crippen LogP contribution is 2.39. The van der Waals surface area contributed by atoms with Crippen LogP contribution in [0.5, 0.6) is 0 Å². The number of benzene rings is 2. The van der Waals surface area contributed by atoms with E-state index >= 15 is 0 Å². The van der Waals surface area contributed by atoms with Crippen LogP contribution in [0.2, 0.25) is 0 Å². The second-order valence-corrected chi connectivity index (χ2v) is 10.9. The third-order valence-electron chi connectivity index (χ3n) is 6.65. The molecule has 7 heteroatoms. The summed E-state index contributed by atoms with van der Waals surface area (Å²) in [7, 11) is -3.54. The zero-order valence-electron chi connectivity index (χ0n) is 17.9. The molecular weight excluding hydrogens is 410 g/mol. The van der Waals surface area contributed by atoms with Crippen LogP contribution >= 0.6 is 0 Å². The molecule has 164 valence electrons.